The minimum absolute atomic E-state index is 0.136. The molecule has 0 aromatic rings. The van der Waals surface area contributed by atoms with Gasteiger partial charge in [0.25, 0.3) is 0 Å². The van der Waals surface area contributed by atoms with Crippen molar-refractivity contribution >= 4 is 11.8 Å². The Hall–Kier alpha value is -1.57. The van der Waals surface area contributed by atoms with E-state index < -0.39 is 11.8 Å². The van der Waals surface area contributed by atoms with Crippen LogP contribution in [0.3, 0.4) is 0 Å². The van der Waals surface area contributed by atoms with Gasteiger partial charge in [-0.3, -0.25) is 9.59 Å². The molecule has 5 heteroatoms. The topological polar surface area (TPSA) is 82.0 Å². The second-order valence-electron chi connectivity index (χ2n) is 3.36. The van der Waals surface area contributed by atoms with E-state index in [1.807, 2.05) is 6.92 Å². The fourth-order valence-electron chi connectivity index (χ4n) is 0.843. The summed E-state index contributed by atoms with van der Waals surface area (Å²) in [5.41, 5.74) is -0.193. The van der Waals surface area contributed by atoms with E-state index >= 15 is 0 Å². The first-order valence-electron chi connectivity index (χ1n) is 4.05. The maximum Gasteiger partial charge on any atom is 0.310 e. The van der Waals surface area contributed by atoms with Crippen molar-refractivity contribution in [2.75, 3.05) is 6.54 Å². The molecular formula is C8H11N3O2. The third-order valence-corrected chi connectivity index (χ3v) is 1.95. The van der Waals surface area contributed by atoms with Crippen LogP contribution in [0, 0.1) is 11.3 Å². The van der Waals surface area contributed by atoms with Gasteiger partial charge in [0.2, 0.25) is 0 Å². The van der Waals surface area contributed by atoms with E-state index in [2.05, 4.69) is 10.6 Å². The van der Waals surface area contributed by atoms with E-state index in [1.165, 1.54) is 0 Å². The molecule has 1 saturated carbocycles. The number of amides is 2. The van der Waals surface area contributed by atoms with Crippen LogP contribution in [-0.4, -0.2) is 23.9 Å². The second kappa shape index (κ2) is 3.44. The normalized spacial score (nSPS) is 16.9. The van der Waals surface area contributed by atoms with Gasteiger partial charge in [-0.25, -0.2) is 0 Å². The molecule has 0 aliphatic heterocycles. The molecule has 0 unspecified atom stereocenters. The van der Waals surface area contributed by atoms with Crippen molar-refractivity contribution in [3.63, 3.8) is 0 Å². The Bertz CT molecular complexity index is 276. The van der Waals surface area contributed by atoms with E-state index in [0.29, 0.717) is 0 Å². The molecule has 5 nitrogen and oxygen atoms in total. The Morgan fingerprint density at radius 3 is 2.54 bits per heavy atom. The number of rotatable bonds is 2. The van der Waals surface area contributed by atoms with Crippen LogP contribution < -0.4 is 10.6 Å². The van der Waals surface area contributed by atoms with Gasteiger partial charge in [0.15, 0.2) is 0 Å². The van der Waals surface area contributed by atoms with Gasteiger partial charge in [0.05, 0.1) is 6.07 Å². The zero-order valence-corrected chi connectivity index (χ0v) is 7.39. The van der Waals surface area contributed by atoms with Crippen molar-refractivity contribution in [3.05, 3.63) is 0 Å². The first-order valence-corrected chi connectivity index (χ1v) is 4.05. The molecule has 2 amide bonds. The zero-order chi connectivity index (χ0) is 9.90. The Morgan fingerprint density at radius 1 is 1.46 bits per heavy atom. The summed E-state index contributed by atoms with van der Waals surface area (Å²) >= 11 is 0. The van der Waals surface area contributed by atoms with Crippen LogP contribution in [-0.2, 0) is 9.59 Å². The molecule has 1 fully saturated rings. The Labute approximate surface area is 76.1 Å². The van der Waals surface area contributed by atoms with Crippen LogP contribution in [0.2, 0.25) is 0 Å². The molecule has 0 bridgehead atoms. The third kappa shape index (κ3) is 2.75. The highest BCUT2D eigenvalue weighted by Crippen LogP contribution is 2.33. The number of nitriles is 1. The van der Waals surface area contributed by atoms with Crippen LogP contribution in [0.5, 0.6) is 0 Å². The Morgan fingerprint density at radius 2 is 2.08 bits per heavy atom. The number of carbonyl (C=O) groups is 2. The molecule has 1 aliphatic carbocycles. The largest absolute Gasteiger partial charge is 0.343 e. The number of carbonyl (C=O) groups excluding carboxylic acids is 2. The van der Waals surface area contributed by atoms with Crippen LogP contribution in [0.25, 0.3) is 0 Å². The molecule has 0 saturated heterocycles. The fourth-order valence-corrected chi connectivity index (χ4v) is 0.843. The van der Waals surface area contributed by atoms with Gasteiger partial charge in [0, 0.05) is 5.54 Å². The van der Waals surface area contributed by atoms with Crippen molar-refractivity contribution < 1.29 is 9.59 Å². The second-order valence-corrected chi connectivity index (χ2v) is 3.36. The summed E-state index contributed by atoms with van der Waals surface area (Å²) in [6.07, 6.45) is 1.81. The van der Waals surface area contributed by atoms with Crippen LogP contribution in [0.1, 0.15) is 19.8 Å². The average Bonchev–Trinajstić information content (AvgIpc) is 2.79. The third-order valence-electron chi connectivity index (χ3n) is 1.95. The summed E-state index contributed by atoms with van der Waals surface area (Å²) in [4.78, 5) is 22.0. The highest BCUT2D eigenvalue weighted by molar-refractivity contribution is 6.35. The van der Waals surface area contributed by atoms with Crippen LogP contribution in [0.4, 0.5) is 0 Å². The predicted molar refractivity (Wildman–Crippen MR) is 44.4 cm³/mol. The zero-order valence-electron chi connectivity index (χ0n) is 7.39. The smallest absolute Gasteiger partial charge is 0.310 e. The van der Waals surface area contributed by atoms with Crippen LogP contribution >= 0.6 is 0 Å². The molecule has 1 rings (SSSR count). The number of hydrogen-bond acceptors (Lipinski definition) is 3. The van der Waals surface area contributed by atoms with Crippen molar-refractivity contribution in [2.45, 2.75) is 25.3 Å². The molecular weight excluding hydrogens is 170 g/mol. The summed E-state index contributed by atoms with van der Waals surface area (Å²) in [5.74, 6) is -1.40. The maximum atomic E-state index is 11.1. The van der Waals surface area contributed by atoms with E-state index in [9.17, 15) is 9.59 Å². The molecule has 1 aliphatic rings. The van der Waals surface area contributed by atoms with E-state index in [0.717, 1.165) is 12.8 Å². The SMILES string of the molecule is CC1(NC(=O)C(=O)NCC#N)CC1. The molecule has 70 valence electrons. The first-order chi connectivity index (χ1) is 6.07. The van der Waals surface area contributed by atoms with Gasteiger partial charge < -0.3 is 10.6 Å². The molecule has 0 atom stereocenters. The van der Waals surface area contributed by atoms with Gasteiger partial charge in [-0.1, -0.05) is 0 Å². The lowest BCUT2D eigenvalue weighted by Crippen LogP contribution is -2.44. The van der Waals surface area contributed by atoms with E-state index in [1.54, 1.807) is 6.07 Å². The van der Waals surface area contributed by atoms with Crippen LogP contribution in [0.15, 0.2) is 0 Å². The van der Waals surface area contributed by atoms with Gasteiger partial charge in [-0.15, -0.1) is 0 Å². The minimum atomic E-state index is -0.741. The molecule has 0 aromatic carbocycles. The summed E-state index contributed by atoms with van der Waals surface area (Å²) in [5, 5.41) is 12.9. The lowest BCUT2D eigenvalue weighted by molar-refractivity contribution is -0.139. The lowest BCUT2D eigenvalue weighted by Gasteiger charge is -2.09. The van der Waals surface area contributed by atoms with E-state index in [-0.39, 0.29) is 12.1 Å². The number of hydrogen-bond donors (Lipinski definition) is 2. The maximum absolute atomic E-state index is 11.1. The number of nitrogens with one attached hydrogen (secondary N) is 2. The highest BCUT2D eigenvalue weighted by atomic mass is 16.2. The van der Waals surface area contributed by atoms with Gasteiger partial charge in [-0.2, -0.15) is 5.26 Å². The minimum Gasteiger partial charge on any atom is -0.343 e. The number of nitrogens with zero attached hydrogens (tertiary/aromatic N) is 1. The van der Waals surface area contributed by atoms with Crippen molar-refractivity contribution in [1.29, 1.82) is 5.26 Å². The van der Waals surface area contributed by atoms with Crippen molar-refractivity contribution in [2.24, 2.45) is 0 Å². The molecule has 0 heterocycles. The summed E-state index contributed by atoms with van der Waals surface area (Å²) < 4.78 is 0. The summed E-state index contributed by atoms with van der Waals surface area (Å²) in [7, 11) is 0. The monoisotopic (exact) mass is 181 g/mol. The highest BCUT2D eigenvalue weighted by Gasteiger charge is 2.39. The predicted octanol–water partition coefficient (Wildman–Crippen LogP) is -0.705. The molecule has 2 N–H and O–H groups in total. The fraction of sp³-hybridized carbons (Fsp3) is 0.625. The Kier molecular flexibility index (Phi) is 2.52. The van der Waals surface area contributed by atoms with Crippen molar-refractivity contribution in [1.82, 2.24) is 10.6 Å². The lowest BCUT2D eigenvalue weighted by atomic mass is 10.3. The van der Waals surface area contributed by atoms with Gasteiger partial charge in [0.1, 0.15) is 6.54 Å². The standard InChI is InChI=1S/C8H11N3O2/c1-8(2-3-8)11-7(13)6(12)10-5-4-9/h2-3,5H2,1H3,(H,10,12)(H,11,13). The first kappa shape index (κ1) is 9.52. The molecule has 0 radical (unpaired) electrons. The van der Waals surface area contributed by atoms with Gasteiger partial charge in [-0.05, 0) is 19.8 Å². The Balaban J connectivity index is 2.31. The quantitative estimate of drug-likeness (QED) is 0.436. The van der Waals surface area contributed by atoms with Gasteiger partial charge >= 0.3 is 11.8 Å². The molecule has 0 aromatic heterocycles. The summed E-state index contributed by atoms with van der Waals surface area (Å²) in [6.45, 7) is 1.74. The molecule has 0 spiro atoms. The summed E-state index contributed by atoms with van der Waals surface area (Å²) in [6, 6.07) is 1.72. The van der Waals surface area contributed by atoms with E-state index in [4.69, 9.17) is 5.26 Å². The van der Waals surface area contributed by atoms with Crippen molar-refractivity contribution in [3.8, 4) is 6.07 Å². The molecule has 13 heavy (non-hydrogen) atoms. The average molecular weight is 181 g/mol.